The minimum atomic E-state index is -0.576. The van der Waals surface area contributed by atoms with Crippen molar-refractivity contribution in [1.82, 2.24) is 4.90 Å². The molecule has 5 nitrogen and oxygen atoms in total. The lowest BCUT2D eigenvalue weighted by molar-refractivity contribution is -0.123. The minimum absolute atomic E-state index is 0.415. The molecule has 22 heavy (non-hydrogen) atoms. The fourth-order valence-electron chi connectivity index (χ4n) is 3.19. The number of esters is 1. The van der Waals surface area contributed by atoms with E-state index in [2.05, 4.69) is 4.90 Å². The van der Waals surface area contributed by atoms with Crippen molar-refractivity contribution in [3.05, 3.63) is 34.9 Å². The molecule has 0 saturated carbocycles. The Labute approximate surface area is 131 Å². The predicted molar refractivity (Wildman–Crippen MR) is 84.5 cm³/mol. The van der Waals surface area contributed by atoms with Crippen LogP contribution < -0.4 is 5.73 Å². The monoisotopic (exact) mass is 304 g/mol. The van der Waals surface area contributed by atoms with Crippen LogP contribution in [0.2, 0.25) is 0 Å². The molecule has 1 amide bonds. The van der Waals surface area contributed by atoms with Crippen LogP contribution in [-0.4, -0.2) is 37.0 Å². The van der Waals surface area contributed by atoms with Crippen LogP contribution >= 0.6 is 0 Å². The van der Waals surface area contributed by atoms with Crippen molar-refractivity contribution in [3.8, 4) is 0 Å². The van der Waals surface area contributed by atoms with Gasteiger partial charge < -0.3 is 10.5 Å². The highest BCUT2D eigenvalue weighted by molar-refractivity contribution is 5.94. The Balaban J connectivity index is 2.48. The zero-order valence-electron chi connectivity index (χ0n) is 13.3. The van der Waals surface area contributed by atoms with Crippen LogP contribution in [0.1, 0.15) is 53.2 Å². The van der Waals surface area contributed by atoms with Gasteiger partial charge in [0.05, 0.1) is 12.7 Å². The molecule has 0 aliphatic carbocycles. The first-order valence-corrected chi connectivity index (χ1v) is 7.77. The summed E-state index contributed by atoms with van der Waals surface area (Å²) in [5, 5.41) is 0. The largest absolute Gasteiger partial charge is 0.465 e. The Morgan fingerprint density at radius 3 is 2.36 bits per heavy atom. The van der Waals surface area contributed by atoms with Crippen molar-refractivity contribution < 1.29 is 14.3 Å². The molecule has 1 aromatic carbocycles. The van der Waals surface area contributed by atoms with Crippen molar-refractivity contribution in [3.63, 3.8) is 0 Å². The number of likely N-dealkylation sites (tertiary alicyclic amines) is 1. The fraction of sp³-hybridized carbons (Fsp3) is 0.529. The maximum absolute atomic E-state index is 12.2. The highest BCUT2D eigenvalue weighted by Gasteiger charge is 2.31. The lowest BCUT2D eigenvalue weighted by Crippen LogP contribution is -2.39. The zero-order valence-corrected chi connectivity index (χ0v) is 13.3. The van der Waals surface area contributed by atoms with Crippen LogP contribution in [-0.2, 0) is 9.53 Å². The van der Waals surface area contributed by atoms with Gasteiger partial charge in [-0.05, 0) is 50.0 Å². The highest BCUT2D eigenvalue weighted by atomic mass is 16.5. The first-order chi connectivity index (χ1) is 10.6. The van der Waals surface area contributed by atoms with Crippen LogP contribution in [0.15, 0.2) is 18.2 Å². The van der Waals surface area contributed by atoms with Gasteiger partial charge in [0.2, 0.25) is 5.91 Å². The summed E-state index contributed by atoms with van der Waals surface area (Å²) in [6.07, 6.45) is 4.42. The van der Waals surface area contributed by atoms with Gasteiger partial charge in [-0.1, -0.05) is 25.0 Å². The maximum Gasteiger partial charge on any atom is 0.338 e. The number of aryl methyl sites for hydroxylation is 1. The van der Waals surface area contributed by atoms with Crippen molar-refractivity contribution >= 4 is 11.9 Å². The quantitative estimate of drug-likeness (QED) is 0.865. The highest BCUT2D eigenvalue weighted by Crippen LogP contribution is 2.29. The smallest absolute Gasteiger partial charge is 0.338 e. The second-order valence-electron chi connectivity index (χ2n) is 5.78. The minimum Gasteiger partial charge on any atom is -0.465 e. The van der Waals surface area contributed by atoms with Crippen LogP contribution in [0, 0.1) is 6.92 Å². The van der Waals surface area contributed by atoms with Crippen LogP contribution in [0.3, 0.4) is 0 Å². The molecule has 1 fully saturated rings. The molecule has 1 saturated heterocycles. The molecular weight excluding hydrogens is 280 g/mol. The van der Waals surface area contributed by atoms with Crippen LogP contribution in [0.5, 0.6) is 0 Å². The van der Waals surface area contributed by atoms with E-state index in [-0.39, 0.29) is 0 Å². The average Bonchev–Trinajstić information content (AvgIpc) is 2.77. The number of methoxy groups -OCH3 is 1. The summed E-state index contributed by atoms with van der Waals surface area (Å²) in [6, 6.07) is 4.82. The van der Waals surface area contributed by atoms with E-state index in [0.29, 0.717) is 11.1 Å². The number of ether oxygens (including phenoxy) is 1. The molecule has 0 bridgehead atoms. The summed E-state index contributed by atoms with van der Waals surface area (Å²) < 4.78 is 4.86. The van der Waals surface area contributed by atoms with Gasteiger partial charge in [0.25, 0.3) is 0 Å². The number of carbonyl (C=O) groups excluding carboxylic acids is 2. The molecule has 0 aromatic heterocycles. The van der Waals surface area contributed by atoms with Gasteiger partial charge in [-0.2, -0.15) is 0 Å². The van der Waals surface area contributed by atoms with E-state index in [1.54, 1.807) is 12.1 Å². The number of rotatable bonds is 4. The van der Waals surface area contributed by atoms with E-state index in [9.17, 15) is 9.59 Å². The van der Waals surface area contributed by atoms with Gasteiger partial charge in [-0.15, -0.1) is 0 Å². The summed E-state index contributed by atoms with van der Waals surface area (Å²) in [7, 11) is 1.35. The molecule has 1 heterocycles. The molecular formula is C17H24N2O3. The number of carbonyl (C=O) groups is 2. The van der Waals surface area contributed by atoms with E-state index >= 15 is 0 Å². The molecule has 1 aromatic rings. The normalized spacial score (nSPS) is 17.5. The molecule has 2 N–H and O–H groups in total. The lowest BCUT2D eigenvalue weighted by Gasteiger charge is -2.30. The number of benzene rings is 1. The summed E-state index contributed by atoms with van der Waals surface area (Å²) in [5.74, 6) is -0.846. The van der Waals surface area contributed by atoms with Gasteiger partial charge in [0.15, 0.2) is 0 Å². The summed E-state index contributed by atoms with van der Waals surface area (Å²) in [4.78, 5) is 26.3. The number of hydrogen-bond donors (Lipinski definition) is 1. The third-order valence-corrected chi connectivity index (χ3v) is 4.28. The fourth-order valence-corrected chi connectivity index (χ4v) is 3.19. The zero-order chi connectivity index (χ0) is 16.1. The summed E-state index contributed by atoms with van der Waals surface area (Å²) in [5.41, 5.74) is 7.69. The number of primary amides is 1. The van der Waals surface area contributed by atoms with Gasteiger partial charge >= 0.3 is 5.97 Å². The second kappa shape index (κ2) is 7.40. The first-order valence-electron chi connectivity index (χ1n) is 7.77. The molecule has 0 spiro atoms. The predicted octanol–water partition coefficient (Wildman–Crippen LogP) is 2.18. The van der Waals surface area contributed by atoms with E-state index < -0.39 is 17.9 Å². The van der Waals surface area contributed by atoms with Crippen molar-refractivity contribution in [1.29, 1.82) is 0 Å². The third kappa shape index (κ3) is 3.47. The number of nitrogens with two attached hydrogens (primary N) is 1. The molecule has 120 valence electrons. The average molecular weight is 304 g/mol. The second-order valence-corrected chi connectivity index (χ2v) is 5.78. The Bertz CT molecular complexity index is 549. The third-order valence-electron chi connectivity index (χ3n) is 4.28. The van der Waals surface area contributed by atoms with Gasteiger partial charge in [0.1, 0.15) is 6.04 Å². The van der Waals surface area contributed by atoms with Gasteiger partial charge in [-0.3, -0.25) is 9.69 Å². The Morgan fingerprint density at radius 2 is 1.82 bits per heavy atom. The molecule has 2 rings (SSSR count). The van der Waals surface area contributed by atoms with Crippen molar-refractivity contribution in [2.45, 2.75) is 38.6 Å². The van der Waals surface area contributed by atoms with Crippen LogP contribution in [0.25, 0.3) is 0 Å². The molecule has 0 radical (unpaired) electrons. The number of nitrogens with zero attached hydrogens (tertiary/aromatic N) is 1. The van der Waals surface area contributed by atoms with Gasteiger partial charge in [-0.25, -0.2) is 4.79 Å². The number of hydrogen-bond acceptors (Lipinski definition) is 4. The van der Waals surface area contributed by atoms with Gasteiger partial charge in [0, 0.05) is 0 Å². The topological polar surface area (TPSA) is 72.6 Å². The summed E-state index contributed by atoms with van der Waals surface area (Å²) in [6.45, 7) is 3.54. The molecule has 1 atom stereocenters. The molecule has 1 unspecified atom stereocenters. The summed E-state index contributed by atoms with van der Waals surface area (Å²) >= 11 is 0. The Hall–Kier alpha value is -1.88. The maximum atomic E-state index is 12.2. The van der Waals surface area contributed by atoms with E-state index in [0.717, 1.165) is 31.5 Å². The van der Waals surface area contributed by atoms with Crippen molar-refractivity contribution in [2.24, 2.45) is 5.73 Å². The van der Waals surface area contributed by atoms with Crippen molar-refractivity contribution in [2.75, 3.05) is 20.2 Å². The Morgan fingerprint density at radius 1 is 1.18 bits per heavy atom. The molecule has 5 heteroatoms. The lowest BCUT2D eigenvalue weighted by atomic mass is 9.93. The first kappa shape index (κ1) is 16.5. The van der Waals surface area contributed by atoms with Crippen LogP contribution in [0.4, 0.5) is 0 Å². The number of amides is 1. The SMILES string of the molecule is COC(=O)c1cccc(C)c1C(C(N)=O)N1CCCCCC1. The Kier molecular flexibility index (Phi) is 5.55. The molecule has 1 aliphatic heterocycles. The van der Waals surface area contributed by atoms with E-state index in [1.165, 1.54) is 20.0 Å². The van der Waals surface area contributed by atoms with E-state index in [1.807, 2.05) is 13.0 Å². The molecule has 1 aliphatic rings. The van der Waals surface area contributed by atoms with E-state index in [4.69, 9.17) is 10.5 Å². The standard InChI is InChI=1S/C17H24N2O3/c1-12-8-7-9-13(17(21)22-2)14(12)15(16(18)20)19-10-5-3-4-6-11-19/h7-9,15H,3-6,10-11H2,1-2H3,(H2,18,20).